The van der Waals surface area contributed by atoms with Gasteiger partial charge in [-0.3, -0.25) is 4.79 Å². The number of hydrogen-bond acceptors (Lipinski definition) is 5. The Balaban J connectivity index is 1.56. The standard InChI is InChI=1S/C18H21N3O3S/c1-13-4-2-3-5-14(13)10-19-15-6-7-17(20-11-15)18(22)21-16-8-9-25(23,24)12-16/h2-7,11,16,19H,8-10,12H2,1H3,(H,21,22). The molecule has 1 unspecified atom stereocenters. The van der Waals surface area contributed by atoms with Gasteiger partial charge in [-0.15, -0.1) is 0 Å². The number of carbonyl (C=O) groups is 1. The zero-order valence-electron chi connectivity index (χ0n) is 14.0. The molecule has 1 amide bonds. The Labute approximate surface area is 147 Å². The second-order valence-electron chi connectivity index (χ2n) is 6.29. The first-order valence-corrected chi connectivity index (χ1v) is 10.0. The maximum Gasteiger partial charge on any atom is 0.270 e. The fraction of sp³-hybridized carbons (Fsp3) is 0.333. The summed E-state index contributed by atoms with van der Waals surface area (Å²) >= 11 is 0. The number of anilines is 1. The molecule has 3 rings (SSSR count). The van der Waals surface area contributed by atoms with Crippen molar-refractivity contribution in [3.63, 3.8) is 0 Å². The number of pyridine rings is 1. The van der Waals surface area contributed by atoms with Crippen LogP contribution in [0, 0.1) is 6.92 Å². The number of nitrogens with one attached hydrogen (secondary N) is 2. The van der Waals surface area contributed by atoms with Gasteiger partial charge in [0.2, 0.25) is 0 Å². The third kappa shape index (κ3) is 4.57. The zero-order valence-corrected chi connectivity index (χ0v) is 14.8. The van der Waals surface area contributed by atoms with Crippen LogP contribution in [0.25, 0.3) is 0 Å². The quantitative estimate of drug-likeness (QED) is 0.851. The molecule has 1 fully saturated rings. The SMILES string of the molecule is Cc1ccccc1CNc1ccc(C(=O)NC2CCS(=O)(=O)C2)nc1. The molecule has 1 aromatic carbocycles. The molecule has 7 heteroatoms. The number of aryl methyl sites for hydroxylation is 1. The van der Waals surface area contributed by atoms with E-state index in [1.54, 1.807) is 18.3 Å². The average Bonchev–Trinajstić information content (AvgIpc) is 2.93. The van der Waals surface area contributed by atoms with Crippen LogP contribution in [0.2, 0.25) is 0 Å². The van der Waals surface area contributed by atoms with Crippen molar-refractivity contribution >= 4 is 21.4 Å². The van der Waals surface area contributed by atoms with E-state index < -0.39 is 9.84 Å². The number of nitrogens with zero attached hydrogens (tertiary/aromatic N) is 1. The molecule has 1 saturated heterocycles. The molecule has 0 bridgehead atoms. The predicted molar refractivity (Wildman–Crippen MR) is 97.3 cm³/mol. The maximum absolute atomic E-state index is 12.2. The van der Waals surface area contributed by atoms with Crippen molar-refractivity contribution in [2.24, 2.45) is 0 Å². The van der Waals surface area contributed by atoms with Crippen LogP contribution >= 0.6 is 0 Å². The Hall–Kier alpha value is -2.41. The fourth-order valence-corrected chi connectivity index (χ4v) is 4.48. The van der Waals surface area contributed by atoms with Crippen molar-refractivity contribution in [3.8, 4) is 0 Å². The highest BCUT2D eigenvalue weighted by atomic mass is 32.2. The third-order valence-corrected chi connectivity index (χ3v) is 6.08. The van der Waals surface area contributed by atoms with E-state index in [1.165, 1.54) is 11.1 Å². The molecule has 2 aromatic rings. The van der Waals surface area contributed by atoms with Crippen molar-refractivity contribution in [2.45, 2.75) is 25.9 Å². The number of amides is 1. The summed E-state index contributed by atoms with van der Waals surface area (Å²) in [7, 11) is -3.01. The summed E-state index contributed by atoms with van der Waals surface area (Å²) < 4.78 is 22.9. The summed E-state index contributed by atoms with van der Waals surface area (Å²) in [5.41, 5.74) is 3.52. The molecule has 0 aliphatic carbocycles. The molecule has 0 saturated carbocycles. The Bertz CT molecular complexity index is 863. The summed E-state index contributed by atoms with van der Waals surface area (Å²) in [6, 6.07) is 11.2. The van der Waals surface area contributed by atoms with Crippen LogP contribution in [0.1, 0.15) is 28.0 Å². The van der Waals surface area contributed by atoms with Crippen LogP contribution in [-0.4, -0.2) is 36.9 Å². The number of benzene rings is 1. The summed E-state index contributed by atoms with van der Waals surface area (Å²) in [4.78, 5) is 16.3. The highest BCUT2D eigenvalue weighted by Gasteiger charge is 2.29. The lowest BCUT2D eigenvalue weighted by Crippen LogP contribution is -2.36. The van der Waals surface area contributed by atoms with Crippen LogP contribution in [0.4, 0.5) is 5.69 Å². The first kappa shape index (κ1) is 17.4. The maximum atomic E-state index is 12.2. The monoisotopic (exact) mass is 359 g/mol. The molecule has 0 spiro atoms. The first-order chi connectivity index (χ1) is 11.9. The van der Waals surface area contributed by atoms with E-state index in [-0.39, 0.29) is 29.1 Å². The Kier molecular flexibility index (Phi) is 5.03. The second kappa shape index (κ2) is 7.23. The summed E-state index contributed by atoms with van der Waals surface area (Å²) in [5, 5.41) is 6.01. The lowest BCUT2D eigenvalue weighted by atomic mass is 10.1. The van der Waals surface area contributed by atoms with Gasteiger partial charge in [0, 0.05) is 12.6 Å². The molecule has 1 aromatic heterocycles. The summed E-state index contributed by atoms with van der Waals surface area (Å²) in [6.45, 7) is 2.74. The number of hydrogen-bond donors (Lipinski definition) is 2. The Morgan fingerprint density at radius 2 is 2.04 bits per heavy atom. The van der Waals surface area contributed by atoms with Gasteiger partial charge in [0.25, 0.3) is 5.91 Å². The molecule has 25 heavy (non-hydrogen) atoms. The number of carbonyl (C=O) groups excluding carboxylic acids is 1. The van der Waals surface area contributed by atoms with E-state index in [2.05, 4.69) is 34.7 Å². The van der Waals surface area contributed by atoms with Crippen LogP contribution in [0.15, 0.2) is 42.6 Å². The summed E-state index contributed by atoms with van der Waals surface area (Å²) in [5.74, 6) is -0.199. The number of sulfone groups is 1. The Morgan fingerprint density at radius 1 is 1.24 bits per heavy atom. The highest BCUT2D eigenvalue weighted by Crippen LogP contribution is 2.14. The minimum atomic E-state index is -3.01. The first-order valence-electron chi connectivity index (χ1n) is 8.19. The van der Waals surface area contributed by atoms with Gasteiger partial charge in [0.1, 0.15) is 5.69 Å². The molecule has 2 N–H and O–H groups in total. The van der Waals surface area contributed by atoms with Gasteiger partial charge in [-0.1, -0.05) is 24.3 Å². The lowest BCUT2D eigenvalue weighted by molar-refractivity contribution is 0.0936. The normalized spacial score (nSPS) is 18.7. The van der Waals surface area contributed by atoms with E-state index in [0.29, 0.717) is 13.0 Å². The average molecular weight is 359 g/mol. The molecule has 1 atom stereocenters. The largest absolute Gasteiger partial charge is 0.380 e. The van der Waals surface area contributed by atoms with E-state index in [4.69, 9.17) is 0 Å². The van der Waals surface area contributed by atoms with Gasteiger partial charge in [-0.05, 0) is 36.6 Å². The molecule has 1 aliphatic rings. The van der Waals surface area contributed by atoms with Crippen LogP contribution in [-0.2, 0) is 16.4 Å². The van der Waals surface area contributed by atoms with Crippen molar-refractivity contribution < 1.29 is 13.2 Å². The van der Waals surface area contributed by atoms with Crippen molar-refractivity contribution in [1.82, 2.24) is 10.3 Å². The fourth-order valence-electron chi connectivity index (χ4n) is 2.81. The van der Waals surface area contributed by atoms with E-state index in [0.717, 1.165) is 5.69 Å². The highest BCUT2D eigenvalue weighted by molar-refractivity contribution is 7.91. The van der Waals surface area contributed by atoms with Crippen LogP contribution in [0.3, 0.4) is 0 Å². The minimum Gasteiger partial charge on any atom is -0.380 e. The molecular weight excluding hydrogens is 338 g/mol. The predicted octanol–water partition coefficient (Wildman–Crippen LogP) is 1.92. The van der Waals surface area contributed by atoms with Crippen molar-refractivity contribution in [1.29, 1.82) is 0 Å². The van der Waals surface area contributed by atoms with Gasteiger partial charge in [0.15, 0.2) is 9.84 Å². The van der Waals surface area contributed by atoms with Crippen LogP contribution in [0.5, 0.6) is 0 Å². The van der Waals surface area contributed by atoms with Gasteiger partial charge in [-0.2, -0.15) is 0 Å². The molecule has 132 valence electrons. The second-order valence-corrected chi connectivity index (χ2v) is 8.51. The molecule has 1 aliphatic heterocycles. The number of rotatable bonds is 5. The third-order valence-electron chi connectivity index (χ3n) is 4.31. The van der Waals surface area contributed by atoms with E-state index in [9.17, 15) is 13.2 Å². The van der Waals surface area contributed by atoms with Gasteiger partial charge < -0.3 is 10.6 Å². The smallest absolute Gasteiger partial charge is 0.270 e. The summed E-state index contributed by atoms with van der Waals surface area (Å²) in [6.07, 6.45) is 2.07. The van der Waals surface area contributed by atoms with Crippen molar-refractivity contribution in [2.75, 3.05) is 16.8 Å². The lowest BCUT2D eigenvalue weighted by Gasteiger charge is -2.11. The topological polar surface area (TPSA) is 88.2 Å². The van der Waals surface area contributed by atoms with Gasteiger partial charge in [-0.25, -0.2) is 13.4 Å². The van der Waals surface area contributed by atoms with Crippen molar-refractivity contribution in [3.05, 3.63) is 59.4 Å². The van der Waals surface area contributed by atoms with E-state index >= 15 is 0 Å². The molecule has 0 radical (unpaired) electrons. The van der Waals surface area contributed by atoms with Gasteiger partial charge >= 0.3 is 0 Å². The number of aromatic nitrogens is 1. The minimum absolute atomic E-state index is 0.00874. The zero-order chi connectivity index (χ0) is 17.9. The molecule has 6 nitrogen and oxygen atoms in total. The van der Waals surface area contributed by atoms with E-state index in [1.807, 2.05) is 12.1 Å². The van der Waals surface area contributed by atoms with Crippen LogP contribution < -0.4 is 10.6 Å². The van der Waals surface area contributed by atoms with Gasteiger partial charge in [0.05, 0.1) is 23.4 Å². The molecular formula is C18H21N3O3S. The Morgan fingerprint density at radius 3 is 2.68 bits per heavy atom. The molecule has 2 heterocycles.